The molecule has 6 rings (SSSR count). The Bertz CT molecular complexity index is 2000. The van der Waals surface area contributed by atoms with E-state index in [1.54, 1.807) is 30.3 Å². The van der Waals surface area contributed by atoms with Gasteiger partial charge in [-0.15, -0.1) is 0 Å². The molecule has 0 radical (unpaired) electrons. The van der Waals surface area contributed by atoms with Gasteiger partial charge in [-0.25, -0.2) is 9.59 Å². The number of aryl methyl sites for hydroxylation is 4. The Morgan fingerprint density at radius 2 is 1.45 bits per heavy atom. The van der Waals surface area contributed by atoms with E-state index in [9.17, 15) is 19.2 Å². The molecule has 0 aromatic heterocycles. The van der Waals surface area contributed by atoms with Gasteiger partial charge in [0.2, 0.25) is 0 Å². The van der Waals surface area contributed by atoms with Gasteiger partial charge >= 0.3 is 23.9 Å². The second-order valence-corrected chi connectivity index (χ2v) is 12.2. The lowest BCUT2D eigenvalue weighted by Gasteiger charge is -2.11. The lowest BCUT2D eigenvalue weighted by molar-refractivity contribution is -0.140. The number of hydrogen-bond acceptors (Lipinski definition) is 8. The molecule has 0 amide bonds. The Hall–Kier alpha value is -5.76. The monoisotopic (exact) mass is 658 g/mol. The molecule has 250 valence electrons. The predicted molar refractivity (Wildman–Crippen MR) is 186 cm³/mol. The summed E-state index contributed by atoms with van der Waals surface area (Å²) in [6, 6.07) is 22.4. The van der Waals surface area contributed by atoms with Gasteiger partial charge in [0.15, 0.2) is 0 Å². The van der Waals surface area contributed by atoms with Gasteiger partial charge in [-0.2, -0.15) is 0 Å². The van der Waals surface area contributed by atoms with Crippen LogP contribution < -0.4 is 9.47 Å². The van der Waals surface area contributed by atoms with Crippen molar-refractivity contribution in [2.24, 2.45) is 0 Å². The summed E-state index contributed by atoms with van der Waals surface area (Å²) in [5.41, 5.74) is 9.28. The van der Waals surface area contributed by atoms with Crippen molar-refractivity contribution in [2.75, 3.05) is 13.2 Å². The molecule has 0 saturated carbocycles. The molecule has 2 unspecified atom stereocenters. The molecule has 0 N–H and O–H groups in total. The van der Waals surface area contributed by atoms with E-state index in [0.29, 0.717) is 22.6 Å². The van der Waals surface area contributed by atoms with Crippen LogP contribution >= 0.6 is 0 Å². The molecule has 8 nitrogen and oxygen atoms in total. The second kappa shape index (κ2) is 14.6. The van der Waals surface area contributed by atoms with Gasteiger partial charge in [-0.05, 0) is 92.3 Å². The summed E-state index contributed by atoms with van der Waals surface area (Å²) in [6.45, 7) is 16.6. The van der Waals surface area contributed by atoms with Crippen LogP contribution in [0, 0.1) is 27.7 Å². The molecular weight excluding hydrogens is 620 g/mol. The highest BCUT2D eigenvalue weighted by Crippen LogP contribution is 2.42. The van der Waals surface area contributed by atoms with Crippen LogP contribution in [0.4, 0.5) is 0 Å². The summed E-state index contributed by atoms with van der Waals surface area (Å²) in [5.74, 6) is -1.36. The minimum atomic E-state index is -0.590. The zero-order chi connectivity index (χ0) is 35.4. The van der Waals surface area contributed by atoms with E-state index in [2.05, 4.69) is 33.1 Å². The topological polar surface area (TPSA) is 105 Å². The first-order valence-electron chi connectivity index (χ1n) is 15.9. The van der Waals surface area contributed by atoms with Gasteiger partial charge < -0.3 is 18.9 Å². The van der Waals surface area contributed by atoms with E-state index in [4.69, 9.17) is 18.9 Å². The van der Waals surface area contributed by atoms with Gasteiger partial charge in [0, 0.05) is 16.7 Å². The second-order valence-electron chi connectivity index (χ2n) is 12.2. The Morgan fingerprint density at radius 3 is 2.16 bits per heavy atom. The van der Waals surface area contributed by atoms with E-state index >= 15 is 0 Å². The molecule has 2 aliphatic rings. The van der Waals surface area contributed by atoms with Gasteiger partial charge in [-0.3, -0.25) is 9.59 Å². The number of carbonyl (C=O) groups excluding carboxylic acids is 4. The third kappa shape index (κ3) is 7.54. The standard InChI is InChI=1S/C23H22O6.C18H16O2/c1-13(2)21(24)27-8-9-28-22(25)17-7-5-6-16(12-17)19-18-11-14(3)10-15(4)20(18)29-23(19)26;1-4-13-6-8-16-15(10-13)17(18(19)20-16)14-7-5-11(2)12(3)9-14/h5-7,10-12,19H,1,8-9H2,2-4H3;4-10,17H,1H2,2-3H3. The van der Waals surface area contributed by atoms with Crippen molar-refractivity contribution >= 4 is 30.0 Å². The highest BCUT2D eigenvalue weighted by molar-refractivity contribution is 5.93. The maximum atomic E-state index is 12.5. The predicted octanol–water partition coefficient (Wildman–Crippen LogP) is 7.63. The number of fused-ring (bicyclic) bond motifs is 2. The Kier molecular flexibility index (Phi) is 10.3. The lowest BCUT2D eigenvalue weighted by atomic mass is 9.89. The average molecular weight is 659 g/mol. The SMILES string of the molecule is C=C(C)C(=O)OCCOC(=O)c1cccc(C2C(=O)Oc3c(C)cc(C)cc32)c1.C=Cc1ccc2c(c1)C(c1ccc(C)c(C)c1)C(=O)O2. The van der Waals surface area contributed by atoms with Gasteiger partial charge in [0.1, 0.15) is 36.5 Å². The molecule has 2 atom stereocenters. The summed E-state index contributed by atoms with van der Waals surface area (Å²) >= 11 is 0. The first kappa shape index (κ1) is 34.6. The molecule has 2 aliphatic heterocycles. The largest absolute Gasteiger partial charge is 0.459 e. The molecule has 49 heavy (non-hydrogen) atoms. The molecule has 4 aromatic carbocycles. The average Bonchev–Trinajstić information content (AvgIpc) is 3.59. The fourth-order valence-corrected chi connectivity index (χ4v) is 5.83. The zero-order valence-corrected chi connectivity index (χ0v) is 28.3. The van der Waals surface area contributed by atoms with Gasteiger partial charge in [0.05, 0.1) is 5.56 Å². The van der Waals surface area contributed by atoms with Gasteiger partial charge in [0.25, 0.3) is 0 Å². The van der Waals surface area contributed by atoms with Crippen molar-refractivity contribution in [3.05, 3.63) is 147 Å². The third-order valence-electron chi connectivity index (χ3n) is 8.44. The fourth-order valence-electron chi connectivity index (χ4n) is 5.83. The molecule has 2 heterocycles. The summed E-state index contributed by atoms with van der Waals surface area (Å²) in [6.07, 6.45) is 1.78. The van der Waals surface area contributed by atoms with Crippen molar-refractivity contribution in [2.45, 2.75) is 46.5 Å². The van der Waals surface area contributed by atoms with Crippen LogP contribution in [-0.4, -0.2) is 37.1 Å². The van der Waals surface area contributed by atoms with Crippen LogP contribution in [0.25, 0.3) is 6.08 Å². The molecule has 4 aromatic rings. The molecule has 0 aliphatic carbocycles. The smallest absolute Gasteiger partial charge is 0.338 e. The van der Waals surface area contributed by atoms with E-state index in [-0.39, 0.29) is 36.6 Å². The van der Waals surface area contributed by atoms with E-state index in [1.807, 2.05) is 56.3 Å². The van der Waals surface area contributed by atoms with Crippen LogP contribution in [-0.2, 0) is 23.9 Å². The summed E-state index contributed by atoms with van der Waals surface area (Å²) in [5, 5.41) is 0. The first-order valence-corrected chi connectivity index (χ1v) is 15.9. The van der Waals surface area contributed by atoms with Crippen LogP contribution in [0.5, 0.6) is 11.5 Å². The fraction of sp³-hybridized carbons (Fsp3) is 0.220. The minimum absolute atomic E-state index is 0.0575. The molecule has 0 saturated heterocycles. The van der Waals surface area contributed by atoms with E-state index in [0.717, 1.165) is 33.4 Å². The van der Waals surface area contributed by atoms with Crippen molar-refractivity contribution < 1.29 is 38.1 Å². The number of ether oxygens (including phenoxy) is 4. The summed E-state index contributed by atoms with van der Waals surface area (Å²) in [7, 11) is 0. The van der Waals surface area contributed by atoms with Gasteiger partial charge in [-0.1, -0.05) is 73.3 Å². The molecule has 0 spiro atoms. The molecular formula is C41H38O8. The van der Waals surface area contributed by atoms with Crippen LogP contribution in [0.1, 0.15) is 79.2 Å². The summed E-state index contributed by atoms with van der Waals surface area (Å²) < 4.78 is 20.9. The normalized spacial score (nSPS) is 15.5. The lowest BCUT2D eigenvalue weighted by Crippen LogP contribution is -2.15. The highest BCUT2D eigenvalue weighted by Gasteiger charge is 2.36. The number of rotatable bonds is 8. The highest BCUT2D eigenvalue weighted by atomic mass is 16.6. The Labute approximate surface area is 286 Å². The maximum absolute atomic E-state index is 12.5. The third-order valence-corrected chi connectivity index (χ3v) is 8.44. The number of carbonyl (C=O) groups is 4. The van der Waals surface area contributed by atoms with Crippen LogP contribution in [0.15, 0.2) is 91.5 Å². The Morgan fingerprint density at radius 1 is 0.755 bits per heavy atom. The number of benzene rings is 4. The first-order chi connectivity index (χ1) is 23.4. The molecule has 0 fully saturated rings. The van der Waals surface area contributed by atoms with Crippen molar-refractivity contribution in [1.82, 2.24) is 0 Å². The summed E-state index contributed by atoms with van der Waals surface area (Å²) in [4.78, 5) is 48.3. The van der Waals surface area contributed by atoms with Crippen LogP contribution in [0.3, 0.4) is 0 Å². The Balaban J connectivity index is 0.000000204. The van der Waals surface area contributed by atoms with Crippen molar-refractivity contribution in [3.8, 4) is 11.5 Å². The number of hydrogen-bond donors (Lipinski definition) is 0. The van der Waals surface area contributed by atoms with E-state index < -0.39 is 17.9 Å². The zero-order valence-electron chi connectivity index (χ0n) is 28.3. The quantitative estimate of drug-likeness (QED) is 0.0824. The van der Waals surface area contributed by atoms with Crippen molar-refractivity contribution in [1.29, 1.82) is 0 Å². The van der Waals surface area contributed by atoms with E-state index in [1.165, 1.54) is 18.1 Å². The van der Waals surface area contributed by atoms with Crippen molar-refractivity contribution in [3.63, 3.8) is 0 Å². The molecule has 0 bridgehead atoms. The minimum Gasteiger partial charge on any atom is -0.459 e. The number of esters is 4. The van der Waals surface area contributed by atoms with Crippen LogP contribution in [0.2, 0.25) is 0 Å². The molecule has 8 heteroatoms. The maximum Gasteiger partial charge on any atom is 0.338 e.